The molecule has 2 aliphatic heterocycles. The molecular weight excluding hydrogens is 244 g/mol. The van der Waals surface area contributed by atoms with Crippen LogP contribution < -0.4 is 5.32 Å². The third-order valence-electron chi connectivity index (χ3n) is 3.88. The lowest BCUT2D eigenvalue weighted by molar-refractivity contribution is -0.168. The van der Waals surface area contributed by atoms with Crippen LogP contribution in [0, 0.1) is 13.8 Å². The highest BCUT2D eigenvalue weighted by atomic mass is 16.5. The Morgan fingerprint density at radius 2 is 2.00 bits per heavy atom. The molecule has 0 spiro atoms. The molecule has 0 aliphatic carbocycles. The highest BCUT2D eigenvalue weighted by Gasteiger charge is 2.50. The number of benzene rings is 1. The molecule has 2 aliphatic rings. The van der Waals surface area contributed by atoms with Crippen molar-refractivity contribution < 1.29 is 14.6 Å². The monoisotopic (exact) mass is 262 g/mol. The van der Waals surface area contributed by atoms with E-state index in [0.29, 0.717) is 31.9 Å². The van der Waals surface area contributed by atoms with Gasteiger partial charge in [0.15, 0.2) is 0 Å². The molecule has 0 radical (unpaired) electrons. The van der Waals surface area contributed by atoms with Gasteiger partial charge in [0.2, 0.25) is 5.72 Å². The molecule has 5 heteroatoms. The number of anilines is 1. The number of aliphatic hydroxyl groups is 1. The van der Waals surface area contributed by atoms with E-state index in [9.17, 15) is 9.90 Å². The number of ether oxygens (including phenoxy) is 1. The average Bonchev–Trinajstić information content (AvgIpc) is 2.66. The zero-order valence-corrected chi connectivity index (χ0v) is 11.2. The zero-order valence-electron chi connectivity index (χ0n) is 11.2. The Labute approximate surface area is 112 Å². The van der Waals surface area contributed by atoms with Gasteiger partial charge in [-0.15, -0.1) is 0 Å². The Balaban J connectivity index is 2.10. The van der Waals surface area contributed by atoms with Gasteiger partial charge >= 0.3 is 0 Å². The van der Waals surface area contributed by atoms with E-state index < -0.39 is 5.72 Å². The van der Waals surface area contributed by atoms with Gasteiger partial charge in [-0.2, -0.15) is 0 Å². The van der Waals surface area contributed by atoms with Crippen molar-refractivity contribution in [3.63, 3.8) is 0 Å². The van der Waals surface area contributed by atoms with Gasteiger partial charge in [0.25, 0.3) is 5.91 Å². The number of rotatable bonds is 1. The van der Waals surface area contributed by atoms with Gasteiger partial charge in [0.05, 0.1) is 18.9 Å². The van der Waals surface area contributed by atoms with E-state index in [1.807, 2.05) is 26.0 Å². The second-order valence-corrected chi connectivity index (χ2v) is 5.23. The number of carbonyl (C=O) groups excluding carboxylic acids is 1. The summed E-state index contributed by atoms with van der Waals surface area (Å²) in [4.78, 5) is 14.1. The first-order valence-corrected chi connectivity index (χ1v) is 6.52. The van der Waals surface area contributed by atoms with Gasteiger partial charge in [-0.25, -0.2) is 0 Å². The molecule has 1 fully saturated rings. The van der Waals surface area contributed by atoms with Gasteiger partial charge in [-0.05, 0) is 25.5 Å². The molecule has 2 heterocycles. The molecule has 0 aromatic heterocycles. The van der Waals surface area contributed by atoms with Crippen LogP contribution >= 0.6 is 0 Å². The third-order valence-corrected chi connectivity index (χ3v) is 3.88. The maximum absolute atomic E-state index is 12.3. The Hall–Kier alpha value is -1.43. The SMILES string of the molecule is Cc1cc(C)c2c(c1)C(O)(N1CCOCC1)C(=O)N2. The van der Waals surface area contributed by atoms with Crippen molar-refractivity contribution in [3.05, 3.63) is 28.8 Å². The molecule has 1 amide bonds. The number of carbonyl (C=O) groups is 1. The molecular formula is C14H18N2O3. The van der Waals surface area contributed by atoms with Gasteiger partial charge in [-0.1, -0.05) is 11.6 Å². The molecule has 0 bridgehead atoms. The standard InChI is InChI=1S/C14H18N2O3/c1-9-7-10(2)12-11(8-9)14(18,13(17)15-12)16-3-5-19-6-4-16/h7-8,18H,3-6H2,1-2H3,(H,15,17). The highest BCUT2D eigenvalue weighted by molar-refractivity contribution is 6.05. The van der Waals surface area contributed by atoms with Crippen LogP contribution in [0.1, 0.15) is 16.7 Å². The molecule has 1 saturated heterocycles. The molecule has 102 valence electrons. The summed E-state index contributed by atoms with van der Waals surface area (Å²) in [6, 6.07) is 3.89. The van der Waals surface area contributed by atoms with E-state index in [2.05, 4.69) is 5.32 Å². The van der Waals surface area contributed by atoms with Crippen molar-refractivity contribution in [2.24, 2.45) is 0 Å². The molecule has 5 nitrogen and oxygen atoms in total. The van der Waals surface area contributed by atoms with Crippen molar-refractivity contribution in [2.75, 3.05) is 31.6 Å². The fourth-order valence-corrected chi connectivity index (χ4v) is 2.93. The van der Waals surface area contributed by atoms with E-state index >= 15 is 0 Å². The van der Waals surface area contributed by atoms with E-state index in [1.165, 1.54) is 0 Å². The smallest absolute Gasteiger partial charge is 0.276 e. The molecule has 1 aromatic carbocycles. The highest BCUT2D eigenvalue weighted by Crippen LogP contribution is 2.41. The topological polar surface area (TPSA) is 61.8 Å². The summed E-state index contributed by atoms with van der Waals surface area (Å²) in [6.07, 6.45) is 0. The van der Waals surface area contributed by atoms with Crippen molar-refractivity contribution in [2.45, 2.75) is 19.6 Å². The average molecular weight is 262 g/mol. The summed E-state index contributed by atoms with van der Waals surface area (Å²) >= 11 is 0. The van der Waals surface area contributed by atoms with E-state index in [-0.39, 0.29) is 5.91 Å². The zero-order chi connectivity index (χ0) is 13.6. The number of hydrogen-bond acceptors (Lipinski definition) is 4. The minimum absolute atomic E-state index is 0.363. The lowest BCUT2D eigenvalue weighted by atomic mass is 9.97. The number of nitrogens with one attached hydrogen (secondary N) is 1. The summed E-state index contributed by atoms with van der Waals surface area (Å²) in [7, 11) is 0. The number of hydrogen-bond donors (Lipinski definition) is 2. The Morgan fingerprint density at radius 1 is 1.32 bits per heavy atom. The van der Waals surface area contributed by atoms with Gasteiger partial charge in [0, 0.05) is 18.7 Å². The Bertz CT molecular complexity index is 538. The predicted octanol–water partition coefficient (Wildman–Crippen LogP) is 0.733. The maximum Gasteiger partial charge on any atom is 0.276 e. The van der Waals surface area contributed by atoms with Crippen LogP contribution in [-0.4, -0.2) is 42.2 Å². The van der Waals surface area contributed by atoms with E-state index in [4.69, 9.17) is 4.74 Å². The lowest BCUT2D eigenvalue weighted by Gasteiger charge is -2.37. The Kier molecular flexibility index (Phi) is 2.85. The van der Waals surface area contributed by atoms with Crippen LogP contribution in [0.4, 0.5) is 5.69 Å². The fraction of sp³-hybridized carbons (Fsp3) is 0.500. The second kappa shape index (κ2) is 4.30. The summed E-state index contributed by atoms with van der Waals surface area (Å²) in [5.74, 6) is -0.363. The van der Waals surface area contributed by atoms with Crippen LogP contribution in [0.15, 0.2) is 12.1 Å². The fourth-order valence-electron chi connectivity index (χ4n) is 2.93. The van der Waals surface area contributed by atoms with Crippen LogP contribution in [0.3, 0.4) is 0 Å². The lowest BCUT2D eigenvalue weighted by Crippen LogP contribution is -2.55. The van der Waals surface area contributed by atoms with Gasteiger partial charge < -0.3 is 15.2 Å². The quantitative estimate of drug-likeness (QED) is 0.783. The molecule has 1 atom stereocenters. The van der Waals surface area contributed by atoms with Crippen molar-refractivity contribution >= 4 is 11.6 Å². The third kappa shape index (κ3) is 1.77. The summed E-state index contributed by atoms with van der Waals surface area (Å²) in [6.45, 7) is 6.09. The molecule has 1 unspecified atom stereocenters. The maximum atomic E-state index is 12.3. The van der Waals surface area contributed by atoms with Crippen molar-refractivity contribution in [3.8, 4) is 0 Å². The molecule has 1 aromatic rings. The first kappa shape index (κ1) is 12.6. The largest absolute Gasteiger partial charge is 0.379 e. The summed E-state index contributed by atoms with van der Waals surface area (Å²) in [5, 5.41) is 13.8. The Morgan fingerprint density at radius 3 is 2.68 bits per heavy atom. The van der Waals surface area contributed by atoms with Crippen LogP contribution in [0.5, 0.6) is 0 Å². The van der Waals surface area contributed by atoms with Crippen molar-refractivity contribution in [1.82, 2.24) is 4.90 Å². The predicted molar refractivity (Wildman–Crippen MR) is 70.8 cm³/mol. The molecule has 3 rings (SSSR count). The van der Waals surface area contributed by atoms with E-state index in [0.717, 1.165) is 16.8 Å². The minimum Gasteiger partial charge on any atom is -0.379 e. The number of aryl methyl sites for hydroxylation is 2. The summed E-state index contributed by atoms with van der Waals surface area (Å²) < 4.78 is 5.29. The van der Waals surface area contributed by atoms with Gasteiger partial charge in [0.1, 0.15) is 0 Å². The first-order chi connectivity index (χ1) is 9.03. The number of nitrogens with zero attached hydrogens (tertiary/aromatic N) is 1. The number of fused-ring (bicyclic) bond motifs is 1. The van der Waals surface area contributed by atoms with Crippen molar-refractivity contribution in [1.29, 1.82) is 0 Å². The molecule has 2 N–H and O–H groups in total. The summed E-state index contributed by atoms with van der Waals surface area (Å²) in [5.41, 5.74) is 1.86. The second-order valence-electron chi connectivity index (χ2n) is 5.23. The van der Waals surface area contributed by atoms with Crippen LogP contribution in [-0.2, 0) is 15.3 Å². The normalized spacial score (nSPS) is 27.2. The first-order valence-electron chi connectivity index (χ1n) is 6.52. The van der Waals surface area contributed by atoms with E-state index in [1.54, 1.807) is 4.90 Å². The van der Waals surface area contributed by atoms with Gasteiger partial charge in [-0.3, -0.25) is 9.69 Å². The number of amides is 1. The molecule has 19 heavy (non-hydrogen) atoms. The minimum atomic E-state index is -1.56. The van der Waals surface area contributed by atoms with Crippen LogP contribution in [0.25, 0.3) is 0 Å². The van der Waals surface area contributed by atoms with Crippen LogP contribution in [0.2, 0.25) is 0 Å². The number of morpholine rings is 1. The molecule has 0 saturated carbocycles.